The predicted octanol–water partition coefficient (Wildman–Crippen LogP) is 3.18. The molecule has 9 heteroatoms. The summed E-state index contributed by atoms with van der Waals surface area (Å²) >= 11 is 0. The van der Waals surface area contributed by atoms with Crippen LogP contribution < -0.4 is 14.4 Å². The highest BCUT2D eigenvalue weighted by molar-refractivity contribution is 7.92. The second-order valence-electron chi connectivity index (χ2n) is 8.11. The summed E-state index contributed by atoms with van der Waals surface area (Å²) in [6.07, 6.45) is 2.35. The van der Waals surface area contributed by atoms with Gasteiger partial charge in [0.2, 0.25) is 21.8 Å². The molecule has 0 heterocycles. The molecule has 0 aromatic heterocycles. The van der Waals surface area contributed by atoms with Crippen molar-refractivity contribution in [2.75, 3.05) is 30.8 Å². The Bertz CT molecular complexity index is 1040. The van der Waals surface area contributed by atoms with Crippen molar-refractivity contribution in [3.8, 4) is 5.75 Å². The first-order valence-electron chi connectivity index (χ1n) is 11.4. The molecule has 0 radical (unpaired) electrons. The number of carbonyl (C=O) groups is 2. The number of amides is 2. The number of hydrogen-bond donors (Lipinski definition) is 1. The van der Waals surface area contributed by atoms with Crippen LogP contribution in [-0.4, -0.2) is 57.6 Å². The van der Waals surface area contributed by atoms with E-state index < -0.39 is 16.1 Å². The summed E-state index contributed by atoms with van der Waals surface area (Å²) in [5.41, 5.74) is 1.39. The van der Waals surface area contributed by atoms with Crippen LogP contribution in [0.5, 0.6) is 5.75 Å². The van der Waals surface area contributed by atoms with Gasteiger partial charge in [-0.05, 0) is 37.5 Å². The van der Waals surface area contributed by atoms with E-state index in [1.807, 2.05) is 37.3 Å². The predicted molar refractivity (Wildman–Crippen MR) is 134 cm³/mol. The molecule has 0 saturated carbocycles. The van der Waals surface area contributed by atoms with Crippen molar-refractivity contribution in [2.24, 2.45) is 0 Å². The molecule has 0 bridgehead atoms. The van der Waals surface area contributed by atoms with Crippen LogP contribution in [0.25, 0.3) is 0 Å². The molecule has 34 heavy (non-hydrogen) atoms. The van der Waals surface area contributed by atoms with E-state index in [1.54, 1.807) is 36.1 Å². The average Bonchev–Trinajstić information content (AvgIpc) is 2.82. The fraction of sp³-hybridized carbons (Fsp3) is 0.440. The Hall–Kier alpha value is -3.07. The molecule has 0 aliphatic carbocycles. The number of nitrogens with one attached hydrogen (secondary N) is 1. The summed E-state index contributed by atoms with van der Waals surface area (Å²) in [4.78, 5) is 27.3. The van der Waals surface area contributed by atoms with Crippen molar-refractivity contribution in [1.82, 2.24) is 10.2 Å². The quantitative estimate of drug-likeness (QED) is 0.466. The zero-order valence-corrected chi connectivity index (χ0v) is 21.2. The summed E-state index contributed by atoms with van der Waals surface area (Å²) in [6.45, 7) is 4.65. The Morgan fingerprint density at radius 2 is 1.79 bits per heavy atom. The van der Waals surface area contributed by atoms with Gasteiger partial charge in [0.15, 0.2) is 0 Å². The molecule has 0 aliphatic heterocycles. The molecule has 0 fully saturated rings. The topological polar surface area (TPSA) is 96.0 Å². The molecular formula is C25H35N3O5S. The van der Waals surface area contributed by atoms with Crippen molar-refractivity contribution < 1.29 is 22.7 Å². The lowest BCUT2D eigenvalue weighted by Crippen LogP contribution is -2.47. The smallest absolute Gasteiger partial charge is 0.242 e. The summed E-state index contributed by atoms with van der Waals surface area (Å²) in [5.74, 6) is 0.130. The molecule has 2 aromatic carbocycles. The molecule has 186 valence electrons. The minimum atomic E-state index is -3.56. The van der Waals surface area contributed by atoms with Gasteiger partial charge >= 0.3 is 0 Å². The van der Waals surface area contributed by atoms with Gasteiger partial charge in [-0.3, -0.25) is 13.9 Å². The fourth-order valence-corrected chi connectivity index (χ4v) is 4.49. The second kappa shape index (κ2) is 13.0. The third-order valence-electron chi connectivity index (χ3n) is 5.41. The maximum Gasteiger partial charge on any atom is 0.242 e. The Kier molecular flexibility index (Phi) is 10.4. The van der Waals surface area contributed by atoms with Crippen LogP contribution in [-0.2, 0) is 26.2 Å². The maximum atomic E-state index is 13.2. The molecule has 8 nitrogen and oxygen atoms in total. The van der Waals surface area contributed by atoms with Crippen LogP contribution in [0.15, 0.2) is 54.6 Å². The van der Waals surface area contributed by atoms with Crippen molar-refractivity contribution in [1.29, 1.82) is 0 Å². The van der Waals surface area contributed by atoms with Crippen molar-refractivity contribution in [3.63, 3.8) is 0 Å². The lowest BCUT2D eigenvalue weighted by Gasteiger charge is -2.29. The minimum absolute atomic E-state index is 0.105. The SMILES string of the molecule is CCCNC(=O)[C@@H](C)N(Cc1ccccc1)C(=O)CCCN(c1cccc(OC)c1)S(C)(=O)=O. The van der Waals surface area contributed by atoms with Crippen LogP contribution in [0.3, 0.4) is 0 Å². The third kappa shape index (κ3) is 8.06. The lowest BCUT2D eigenvalue weighted by atomic mass is 10.1. The van der Waals surface area contributed by atoms with Gasteiger partial charge in [-0.25, -0.2) is 8.42 Å². The van der Waals surface area contributed by atoms with Gasteiger partial charge in [0.1, 0.15) is 11.8 Å². The van der Waals surface area contributed by atoms with E-state index >= 15 is 0 Å². The van der Waals surface area contributed by atoms with Crippen molar-refractivity contribution in [2.45, 2.75) is 45.7 Å². The molecule has 1 atom stereocenters. The van der Waals surface area contributed by atoms with E-state index in [-0.39, 0.29) is 24.8 Å². The zero-order valence-electron chi connectivity index (χ0n) is 20.4. The van der Waals surface area contributed by atoms with Gasteiger partial charge in [-0.1, -0.05) is 43.3 Å². The van der Waals surface area contributed by atoms with E-state index in [0.717, 1.165) is 18.2 Å². The number of anilines is 1. The Labute approximate surface area is 202 Å². The van der Waals surface area contributed by atoms with Crippen LogP contribution in [0.2, 0.25) is 0 Å². The largest absolute Gasteiger partial charge is 0.497 e. The van der Waals surface area contributed by atoms with E-state index in [4.69, 9.17) is 4.74 Å². The fourth-order valence-electron chi connectivity index (χ4n) is 3.53. The van der Waals surface area contributed by atoms with Gasteiger partial charge in [-0.15, -0.1) is 0 Å². The number of benzene rings is 2. The number of methoxy groups -OCH3 is 1. The van der Waals surface area contributed by atoms with E-state index in [0.29, 0.717) is 30.9 Å². The number of sulfonamides is 1. The van der Waals surface area contributed by atoms with Gasteiger partial charge < -0.3 is 15.0 Å². The first-order chi connectivity index (χ1) is 16.2. The normalized spacial score (nSPS) is 12.0. The molecule has 0 unspecified atom stereocenters. The summed E-state index contributed by atoms with van der Waals surface area (Å²) in [7, 11) is -2.05. The molecule has 0 spiro atoms. The van der Waals surface area contributed by atoms with Crippen molar-refractivity contribution in [3.05, 3.63) is 60.2 Å². The lowest BCUT2D eigenvalue weighted by molar-refractivity contribution is -0.140. The number of nitrogens with zero attached hydrogens (tertiary/aromatic N) is 2. The molecule has 1 N–H and O–H groups in total. The highest BCUT2D eigenvalue weighted by Crippen LogP contribution is 2.23. The highest BCUT2D eigenvalue weighted by Gasteiger charge is 2.26. The highest BCUT2D eigenvalue weighted by atomic mass is 32.2. The third-order valence-corrected chi connectivity index (χ3v) is 6.60. The van der Waals surface area contributed by atoms with Crippen molar-refractivity contribution >= 4 is 27.5 Å². The monoisotopic (exact) mass is 489 g/mol. The second-order valence-corrected chi connectivity index (χ2v) is 10.0. The number of ether oxygens (including phenoxy) is 1. The first-order valence-corrected chi connectivity index (χ1v) is 13.2. The Morgan fingerprint density at radius 1 is 1.09 bits per heavy atom. The molecule has 0 aliphatic rings. The Balaban J connectivity index is 2.13. The van der Waals surface area contributed by atoms with Gasteiger partial charge in [-0.2, -0.15) is 0 Å². The van der Waals surface area contributed by atoms with Crippen LogP contribution in [0.4, 0.5) is 5.69 Å². The van der Waals surface area contributed by atoms with Crippen LogP contribution in [0.1, 0.15) is 38.7 Å². The van der Waals surface area contributed by atoms with E-state index in [9.17, 15) is 18.0 Å². The van der Waals surface area contributed by atoms with Gasteiger partial charge in [0.05, 0.1) is 19.1 Å². The molecule has 2 rings (SSSR count). The summed E-state index contributed by atoms with van der Waals surface area (Å²) in [6, 6.07) is 15.6. The molecule has 2 amide bonds. The first kappa shape index (κ1) is 27.2. The van der Waals surface area contributed by atoms with Gasteiger partial charge in [0.25, 0.3) is 0 Å². The molecular weight excluding hydrogens is 454 g/mol. The number of rotatable bonds is 13. The van der Waals surface area contributed by atoms with Gasteiger partial charge in [0, 0.05) is 32.1 Å². The van der Waals surface area contributed by atoms with E-state index in [1.165, 1.54) is 11.4 Å². The molecule has 0 saturated heterocycles. The zero-order chi connectivity index (χ0) is 25.1. The standard InChI is InChI=1S/C25H35N3O5S/c1-5-16-26-25(30)20(2)27(19-21-11-7-6-8-12-21)24(29)15-10-17-28(34(4,31)32)22-13-9-14-23(18-22)33-3/h6-9,11-14,18,20H,5,10,15-17,19H2,1-4H3,(H,26,30)/t20-/m1/s1. The maximum absolute atomic E-state index is 13.2. The summed E-state index contributed by atoms with van der Waals surface area (Å²) in [5, 5.41) is 2.85. The average molecular weight is 490 g/mol. The van der Waals surface area contributed by atoms with E-state index in [2.05, 4.69) is 5.32 Å². The number of hydrogen-bond acceptors (Lipinski definition) is 5. The Morgan fingerprint density at radius 3 is 2.41 bits per heavy atom. The number of carbonyl (C=O) groups excluding carboxylic acids is 2. The van der Waals surface area contributed by atoms with Crippen LogP contribution >= 0.6 is 0 Å². The van der Waals surface area contributed by atoms with Crippen LogP contribution in [0, 0.1) is 0 Å². The molecule has 2 aromatic rings. The minimum Gasteiger partial charge on any atom is -0.497 e. The summed E-state index contributed by atoms with van der Waals surface area (Å²) < 4.78 is 31.3.